The standard InChI is InChI=1S/C19H20ClFN6O2.C14H7ClF2N4O2.C5H14N2/c1-25(2)6-7-26(3)17-10-16-13(9-18(17)27(28)29)19(23-11-22-16)24-12-4-5-15(21)14(20)8-12;15-9-3-7(1-2-10(9)16)20-14-8-4-13(21(22)23)11(17)5-12(8)18-6-19-14;1-6-4-5-7(2)3/h4-5,8-11H,6-7H2,1-3H3,(H,22,23,24);1-6H,(H,18,19,20);6H,4-5H2,1-3H3. The summed E-state index contributed by atoms with van der Waals surface area (Å²) in [6.45, 7) is 3.56. The molecule has 0 atom stereocenters. The van der Waals surface area contributed by atoms with Gasteiger partial charge in [0, 0.05) is 68.2 Å². The third-order valence-corrected chi connectivity index (χ3v) is 8.88. The summed E-state index contributed by atoms with van der Waals surface area (Å²) < 4.78 is 40.2. The van der Waals surface area contributed by atoms with Gasteiger partial charge >= 0.3 is 5.69 Å². The minimum atomic E-state index is -0.989. The molecule has 21 heteroatoms. The Morgan fingerprint density at radius 3 is 1.53 bits per heavy atom. The molecular weight excluding hydrogens is 816 g/mol. The predicted molar refractivity (Wildman–Crippen MR) is 226 cm³/mol. The number of fused-ring (bicyclic) bond motifs is 2. The number of nitrogens with one attached hydrogen (secondary N) is 3. The Labute approximate surface area is 347 Å². The number of rotatable bonds is 13. The first-order valence-electron chi connectivity index (χ1n) is 17.6. The van der Waals surface area contributed by atoms with E-state index in [4.69, 9.17) is 23.2 Å². The molecule has 0 aliphatic carbocycles. The molecule has 0 unspecified atom stereocenters. The van der Waals surface area contributed by atoms with Gasteiger partial charge in [0.1, 0.15) is 41.6 Å². The monoisotopic (exact) mass is 856 g/mol. The number of halogens is 5. The normalized spacial score (nSPS) is 10.9. The first-order valence-corrected chi connectivity index (χ1v) is 18.4. The van der Waals surface area contributed by atoms with Crippen LogP contribution in [0.15, 0.2) is 73.3 Å². The van der Waals surface area contributed by atoms with Gasteiger partial charge in [-0.25, -0.2) is 28.7 Å². The first-order chi connectivity index (χ1) is 28.0. The van der Waals surface area contributed by atoms with Crippen LogP contribution in [0.4, 0.5) is 53.2 Å². The Balaban J connectivity index is 0.000000229. The highest BCUT2D eigenvalue weighted by Crippen LogP contribution is 2.35. The summed E-state index contributed by atoms with van der Waals surface area (Å²) in [7, 11) is 11.8. The summed E-state index contributed by atoms with van der Waals surface area (Å²) in [6.07, 6.45) is 2.55. The lowest BCUT2D eigenvalue weighted by Gasteiger charge is -2.22. The number of nitro groups is 2. The van der Waals surface area contributed by atoms with Crippen LogP contribution >= 0.6 is 23.2 Å². The first kappa shape index (κ1) is 45.7. The molecule has 6 aromatic rings. The van der Waals surface area contributed by atoms with Gasteiger partial charge in [0.15, 0.2) is 0 Å². The fourth-order valence-corrected chi connectivity index (χ4v) is 5.53. The smallest absolute Gasteiger partial charge is 0.305 e. The second-order valence-electron chi connectivity index (χ2n) is 13.3. The van der Waals surface area contributed by atoms with Crippen molar-refractivity contribution >= 4 is 85.1 Å². The molecule has 3 N–H and O–H groups in total. The Morgan fingerprint density at radius 2 is 1.10 bits per heavy atom. The topological polar surface area (TPSA) is 184 Å². The number of hydrogen-bond acceptors (Lipinski definition) is 14. The van der Waals surface area contributed by atoms with Gasteiger partial charge in [0.05, 0.1) is 36.3 Å². The van der Waals surface area contributed by atoms with Crippen LogP contribution < -0.4 is 20.9 Å². The van der Waals surface area contributed by atoms with Crippen molar-refractivity contribution in [2.24, 2.45) is 0 Å². The van der Waals surface area contributed by atoms with Crippen LogP contribution in [0.2, 0.25) is 10.0 Å². The fraction of sp³-hybridized carbons (Fsp3) is 0.263. The predicted octanol–water partition coefficient (Wildman–Crippen LogP) is 8.05. The molecule has 4 aromatic carbocycles. The van der Waals surface area contributed by atoms with Gasteiger partial charge in [-0.2, -0.15) is 4.39 Å². The molecule has 0 fully saturated rings. The molecule has 0 aliphatic heterocycles. The highest BCUT2D eigenvalue weighted by atomic mass is 35.5. The number of nitrogens with zero attached hydrogens (tertiary/aromatic N) is 9. The molecule has 0 bridgehead atoms. The maximum atomic E-state index is 13.6. The van der Waals surface area contributed by atoms with E-state index in [0.29, 0.717) is 40.3 Å². The SMILES string of the molecule is CN(C)CCN(C)c1cc2ncnc(Nc3ccc(F)c(Cl)c3)c2cc1[N+](=O)[O-].CNCCN(C)C.O=[N+]([O-])c1cc2c(Nc3ccc(F)c(Cl)c3)ncnc2cc1F. The molecule has 312 valence electrons. The van der Waals surface area contributed by atoms with Crippen molar-refractivity contribution in [3.05, 3.63) is 121 Å². The zero-order valence-corrected chi connectivity index (χ0v) is 34.3. The molecule has 0 saturated carbocycles. The quantitative estimate of drug-likeness (QED) is 0.0749. The summed E-state index contributed by atoms with van der Waals surface area (Å²) in [5.41, 5.74) is 1.40. The molecule has 2 heterocycles. The molecule has 0 spiro atoms. The van der Waals surface area contributed by atoms with E-state index in [1.54, 1.807) is 13.1 Å². The van der Waals surface area contributed by atoms with Crippen LogP contribution in [0.3, 0.4) is 0 Å². The molecule has 16 nitrogen and oxygen atoms in total. The molecule has 0 saturated heterocycles. The summed E-state index contributed by atoms with van der Waals surface area (Å²) >= 11 is 11.5. The van der Waals surface area contributed by atoms with Gasteiger partial charge in [-0.3, -0.25) is 20.2 Å². The van der Waals surface area contributed by atoms with E-state index >= 15 is 0 Å². The summed E-state index contributed by atoms with van der Waals surface area (Å²) in [4.78, 5) is 43.6. The maximum Gasteiger partial charge on any atom is 0.305 e. The van der Waals surface area contributed by atoms with Crippen molar-refractivity contribution in [3.8, 4) is 0 Å². The van der Waals surface area contributed by atoms with E-state index in [2.05, 4.69) is 54.9 Å². The van der Waals surface area contributed by atoms with E-state index in [9.17, 15) is 33.4 Å². The van der Waals surface area contributed by atoms with E-state index in [1.165, 1.54) is 49.1 Å². The number of aromatic nitrogens is 4. The van der Waals surface area contributed by atoms with Crippen LogP contribution in [0.5, 0.6) is 0 Å². The third kappa shape index (κ3) is 12.7. The molecular formula is C38H41Cl2F3N12O4. The average Bonchev–Trinajstić information content (AvgIpc) is 3.18. The van der Waals surface area contributed by atoms with Crippen molar-refractivity contribution in [1.29, 1.82) is 0 Å². The van der Waals surface area contributed by atoms with Crippen molar-refractivity contribution in [2.75, 3.05) is 84.0 Å². The van der Waals surface area contributed by atoms with E-state index in [-0.39, 0.29) is 32.5 Å². The van der Waals surface area contributed by atoms with Crippen LogP contribution in [-0.4, -0.2) is 108 Å². The number of anilines is 5. The number of benzene rings is 4. The molecule has 2 aromatic heterocycles. The van der Waals surface area contributed by atoms with E-state index in [1.807, 2.05) is 30.9 Å². The lowest BCUT2D eigenvalue weighted by molar-refractivity contribution is -0.387. The van der Waals surface area contributed by atoms with Gasteiger partial charge in [0.2, 0.25) is 5.82 Å². The number of likely N-dealkylation sites (N-methyl/N-ethyl adjacent to an activating group) is 4. The fourth-order valence-electron chi connectivity index (χ4n) is 5.16. The minimum Gasteiger partial charge on any atom is -0.368 e. The van der Waals surface area contributed by atoms with Crippen molar-refractivity contribution in [2.45, 2.75) is 0 Å². The summed E-state index contributed by atoms with van der Waals surface area (Å²) in [5.74, 6) is -1.53. The summed E-state index contributed by atoms with van der Waals surface area (Å²) in [5, 5.41) is 32.1. The third-order valence-electron chi connectivity index (χ3n) is 8.30. The van der Waals surface area contributed by atoms with Gasteiger partial charge in [0.25, 0.3) is 5.69 Å². The largest absolute Gasteiger partial charge is 0.368 e. The average molecular weight is 858 g/mol. The van der Waals surface area contributed by atoms with E-state index < -0.39 is 33.0 Å². The Bertz CT molecular complexity index is 2430. The van der Waals surface area contributed by atoms with Crippen LogP contribution in [0, 0.1) is 37.7 Å². The Morgan fingerprint density at radius 1 is 0.627 bits per heavy atom. The van der Waals surface area contributed by atoms with Crippen LogP contribution in [0.25, 0.3) is 21.8 Å². The molecule has 0 amide bonds. The van der Waals surface area contributed by atoms with Gasteiger partial charge < -0.3 is 30.7 Å². The Kier molecular flexibility index (Phi) is 16.4. The Hall–Kier alpha value is -5.99. The van der Waals surface area contributed by atoms with Gasteiger partial charge in [-0.1, -0.05) is 23.2 Å². The molecule has 6 rings (SSSR count). The second-order valence-corrected chi connectivity index (χ2v) is 14.1. The zero-order valence-electron chi connectivity index (χ0n) is 32.8. The highest BCUT2D eigenvalue weighted by Gasteiger charge is 2.21. The second kappa shape index (κ2) is 21.1. The zero-order chi connectivity index (χ0) is 43.4. The van der Waals surface area contributed by atoms with Gasteiger partial charge in [-0.15, -0.1) is 0 Å². The lowest BCUT2D eigenvalue weighted by Crippen LogP contribution is -2.28. The molecule has 0 aliphatic rings. The molecule has 0 radical (unpaired) electrons. The maximum absolute atomic E-state index is 13.6. The van der Waals surface area contributed by atoms with Crippen molar-refractivity contribution in [1.82, 2.24) is 35.1 Å². The van der Waals surface area contributed by atoms with E-state index in [0.717, 1.165) is 37.8 Å². The summed E-state index contributed by atoms with van der Waals surface area (Å²) in [6, 6.07) is 13.2. The number of hydrogen-bond donors (Lipinski definition) is 3. The van der Waals surface area contributed by atoms with Gasteiger partial charge in [-0.05, 0) is 77.7 Å². The van der Waals surface area contributed by atoms with Crippen molar-refractivity contribution < 1.29 is 23.0 Å². The van der Waals surface area contributed by atoms with Crippen LogP contribution in [-0.2, 0) is 0 Å². The number of nitro benzene ring substituents is 2. The highest BCUT2D eigenvalue weighted by molar-refractivity contribution is 6.31. The van der Waals surface area contributed by atoms with Crippen molar-refractivity contribution in [3.63, 3.8) is 0 Å². The van der Waals surface area contributed by atoms with Crippen LogP contribution in [0.1, 0.15) is 0 Å². The lowest BCUT2D eigenvalue weighted by atomic mass is 10.1. The minimum absolute atomic E-state index is 0.0378. The molecule has 59 heavy (non-hydrogen) atoms.